The highest BCUT2D eigenvalue weighted by Gasteiger charge is 2.32. The number of rotatable bonds is 6. The maximum atomic E-state index is 5.48. The molecule has 2 aliphatic rings. The van der Waals surface area contributed by atoms with Crippen molar-refractivity contribution in [1.82, 2.24) is 10.2 Å². The molecule has 118 valence electrons. The topological polar surface area (TPSA) is 24.5 Å². The van der Waals surface area contributed by atoms with Gasteiger partial charge in [0, 0.05) is 25.7 Å². The van der Waals surface area contributed by atoms with Gasteiger partial charge in [-0.3, -0.25) is 4.90 Å². The van der Waals surface area contributed by atoms with Crippen molar-refractivity contribution in [2.45, 2.75) is 52.5 Å². The lowest BCUT2D eigenvalue weighted by Crippen LogP contribution is -2.48. The first kappa shape index (κ1) is 16.3. The Hall–Kier alpha value is -0.120. The SMILES string of the molecule is CCCNC1CCC(C(C)C)CC1CN1CCOCC1. The van der Waals surface area contributed by atoms with E-state index in [1.54, 1.807) is 0 Å². The van der Waals surface area contributed by atoms with E-state index in [4.69, 9.17) is 4.74 Å². The van der Waals surface area contributed by atoms with Crippen LogP contribution in [0.4, 0.5) is 0 Å². The molecule has 2 fully saturated rings. The summed E-state index contributed by atoms with van der Waals surface area (Å²) in [6.45, 7) is 13.6. The fourth-order valence-electron chi connectivity index (χ4n) is 3.82. The van der Waals surface area contributed by atoms with Crippen LogP contribution in [0.1, 0.15) is 46.5 Å². The average molecular weight is 282 g/mol. The Balaban J connectivity index is 1.89. The molecule has 20 heavy (non-hydrogen) atoms. The number of hydrogen-bond acceptors (Lipinski definition) is 3. The van der Waals surface area contributed by atoms with Crippen molar-refractivity contribution in [2.24, 2.45) is 17.8 Å². The van der Waals surface area contributed by atoms with Gasteiger partial charge in [0.2, 0.25) is 0 Å². The molecule has 2 rings (SSSR count). The Bertz CT molecular complexity index is 264. The minimum atomic E-state index is 0.743. The van der Waals surface area contributed by atoms with Gasteiger partial charge >= 0.3 is 0 Å². The molecule has 0 radical (unpaired) electrons. The molecule has 1 aliphatic heterocycles. The number of nitrogens with zero attached hydrogens (tertiary/aromatic N) is 1. The van der Waals surface area contributed by atoms with Gasteiger partial charge in [-0.05, 0) is 50.0 Å². The van der Waals surface area contributed by atoms with Gasteiger partial charge in [-0.15, -0.1) is 0 Å². The van der Waals surface area contributed by atoms with Crippen LogP contribution in [0.3, 0.4) is 0 Å². The van der Waals surface area contributed by atoms with E-state index in [9.17, 15) is 0 Å². The predicted octanol–water partition coefficient (Wildman–Crippen LogP) is 2.76. The van der Waals surface area contributed by atoms with Crippen molar-refractivity contribution in [3.8, 4) is 0 Å². The molecule has 0 amide bonds. The van der Waals surface area contributed by atoms with Crippen LogP contribution in [-0.2, 0) is 4.74 Å². The Morgan fingerprint density at radius 1 is 1.20 bits per heavy atom. The molecular formula is C17H34N2O. The molecule has 0 bridgehead atoms. The molecule has 1 saturated heterocycles. The second-order valence-corrected chi connectivity index (χ2v) is 7.05. The van der Waals surface area contributed by atoms with E-state index in [2.05, 4.69) is 31.0 Å². The lowest BCUT2D eigenvalue weighted by molar-refractivity contribution is 0.0194. The quantitative estimate of drug-likeness (QED) is 0.811. The number of hydrogen-bond donors (Lipinski definition) is 1. The Labute approximate surface area is 125 Å². The van der Waals surface area contributed by atoms with Gasteiger partial charge in [0.1, 0.15) is 0 Å². The summed E-state index contributed by atoms with van der Waals surface area (Å²) in [5, 5.41) is 3.81. The van der Waals surface area contributed by atoms with Crippen LogP contribution in [-0.4, -0.2) is 50.3 Å². The molecule has 3 atom stereocenters. The van der Waals surface area contributed by atoms with Crippen molar-refractivity contribution >= 4 is 0 Å². The Morgan fingerprint density at radius 2 is 1.95 bits per heavy atom. The molecule has 0 spiro atoms. The third kappa shape index (κ3) is 4.71. The predicted molar refractivity (Wildman–Crippen MR) is 85.0 cm³/mol. The van der Waals surface area contributed by atoms with Gasteiger partial charge in [0.05, 0.1) is 13.2 Å². The van der Waals surface area contributed by atoms with E-state index in [1.807, 2.05) is 0 Å². The van der Waals surface area contributed by atoms with E-state index >= 15 is 0 Å². The van der Waals surface area contributed by atoms with E-state index in [1.165, 1.54) is 38.8 Å². The number of morpholine rings is 1. The van der Waals surface area contributed by atoms with Crippen molar-refractivity contribution in [3.63, 3.8) is 0 Å². The third-order valence-electron chi connectivity index (χ3n) is 5.22. The maximum Gasteiger partial charge on any atom is 0.0594 e. The van der Waals surface area contributed by atoms with Crippen LogP contribution in [0, 0.1) is 17.8 Å². The molecule has 1 N–H and O–H groups in total. The first-order chi connectivity index (χ1) is 9.70. The second-order valence-electron chi connectivity index (χ2n) is 7.05. The monoisotopic (exact) mass is 282 g/mol. The molecular weight excluding hydrogens is 248 g/mol. The summed E-state index contributed by atoms with van der Waals surface area (Å²) in [5.74, 6) is 2.61. The zero-order valence-corrected chi connectivity index (χ0v) is 13.7. The smallest absolute Gasteiger partial charge is 0.0594 e. The molecule has 0 aromatic rings. The summed E-state index contributed by atoms with van der Waals surface area (Å²) < 4.78 is 5.48. The van der Waals surface area contributed by atoms with Gasteiger partial charge in [0.25, 0.3) is 0 Å². The molecule has 0 aromatic carbocycles. The first-order valence-electron chi connectivity index (χ1n) is 8.74. The first-order valence-corrected chi connectivity index (χ1v) is 8.74. The summed E-state index contributed by atoms with van der Waals surface area (Å²) in [4.78, 5) is 2.62. The van der Waals surface area contributed by atoms with E-state index in [-0.39, 0.29) is 0 Å². The van der Waals surface area contributed by atoms with Crippen LogP contribution in [0.25, 0.3) is 0 Å². The molecule has 0 aromatic heterocycles. The molecule has 1 saturated carbocycles. The number of nitrogens with one attached hydrogen (secondary N) is 1. The fraction of sp³-hybridized carbons (Fsp3) is 1.00. The zero-order chi connectivity index (χ0) is 14.4. The summed E-state index contributed by atoms with van der Waals surface area (Å²) in [7, 11) is 0. The molecule has 3 heteroatoms. The Morgan fingerprint density at radius 3 is 2.60 bits per heavy atom. The standard InChI is InChI=1S/C17H34N2O/c1-4-7-18-17-6-5-15(14(2)3)12-16(17)13-19-8-10-20-11-9-19/h14-18H,4-13H2,1-3H3. The van der Waals surface area contributed by atoms with Crippen LogP contribution in [0.5, 0.6) is 0 Å². The van der Waals surface area contributed by atoms with Crippen molar-refractivity contribution in [2.75, 3.05) is 39.4 Å². The summed E-state index contributed by atoms with van der Waals surface area (Å²) in [6, 6.07) is 0.743. The number of ether oxygens (including phenoxy) is 1. The molecule has 3 unspecified atom stereocenters. The highest BCUT2D eigenvalue weighted by atomic mass is 16.5. The maximum absolute atomic E-state index is 5.48. The lowest BCUT2D eigenvalue weighted by atomic mass is 9.73. The minimum absolute atomic E-state index is 0.743. The van der Waals surface area contributed by atoms with Crippen LogP contribution < -0.4 is 5.32 Å². The van der Waals surface area contributed by atoms with Crippen molar-refractivity contribution < 1.29 is 4.74 Å². The fourth-order valence-corrected chi connectivity index (χ4v) is 3.82. The lowest BCUT2D eigenvalue weighted by Gasteiger charge is -2.41. The summed E-state index contributed by atoms with van der Waals surface area (Å²) in [6.07, 6.45) is 5.45. The molecule has 1 aliphatic carbocycles. The van der Waals surface area contributed by atoms with Crippen molar-refractivity contribution in [1.29, 1.82) is 0 Å². The van der Waals surface area contributed by atoms with Gasteiger partial charge in [-0.25, -0.2) is 0 Å². The largest absolute Gasteiger partial charge is 0.379 e. The van der Waals surface area contributed by atoms with E-state index in [0.717, 1.165) is 50.1 Å². The summed E-state index contributed by atoms with van der Waals surface area (Å²) in [5.41, 5.74) is 0. The zero-order valence-electron chi connectivity index (χ0n) is 13.7. The van der Waals surface area contributed by atoms with Crippen molar-refractivity contribution in [3.05, 3.63) is 0 Å². The van der Waals surface area contributed by atoms with Gasteiger partial charge in [-0.1, -0.05) is 20.8 Å². The highest BCUT2D eigenvalue weighted by molar-refractivity contribution is 4.87. The highest BCUT2D eigenvalue weighted by Crippen LogP contribution is 2.34. The van der Waals surface area contributed by atoms with Crippen LogP contribution in [0.15, 0.2) is 0 Å². The van der Waals surface area contributed by atoms with Gasteiger partial charge in [-0.2, -0.15) is 0 Å². The van der Waals surface area contributed by atoms with E-state index in [0.29, 0.717) is 0 Å². The molecule has 1 heterocycles. The van der Waals surface area contributed by atoms with Gasteiger partial charge < -0.3 is 10.1 Å². The average Bonchev–Trinajstić information content (AvgIpc) is 2.47. The second kappa shape index (κ2) is 8.35. The Kier molecular flexibility index (Phi) is 6.79. The van der Waals surface area contributed by atoms with E-state index < -0.39 is 0 Å². The molecule has 3 nitrogen and oxygen atoms in total. The third-order valence-corrected chi connectivity index (χ3v) is 5.22. The van der Waals surface area contributed by atoms with Gasteiger partial charge in [0.15, 0.2) is 0 Å². The van der Waals surface area contributed by atoms with Crippen LogP contribution >= 0.6 is 0 Å². The van der Waals surface area contributed by atoms with Crippen LogP contribution in [0.2, 0.25) is 0 Å². The minimum Gasteiger partial charge on any atom is -0.379 e. The normalized spacial score (nSPS) is 32.7. The summed E-state index contributed by atoms with van der Waals surface area (Å²) >= 11 is 0.